The largest absolute Gasteiger partial charge is 0.436 e. The normalized spacial score (nSPS) is 11.8. The summed E-state index contributed by atoms with van der Waals surface area (Å²) in [6.07, 6.45) is -6.81. The lowest BCUT2D eigenvalue weighted by molar-refractivity contribution is -0.144. The van der Waals surface area contributed by atoms with Gasteiger partial charge in [0.15, 0.2) is 16.7 Å². The van der Waals surface area contributed by atoms with Gasteiger partial charge >= 0.3 is 12.3 Å². The highest BCUT2D eigenvalue weighted by Gasteiger charge is 2.38. The number of rotatable bonds is 0. The molecular weight excluding hydrogens is 219 g/mol. The molecule has 1 aromatic rings. The lowest BCUT2D eigenvalue weighted by Crippen LogP contribution is -2.13. The Kier molecular flexibility index (Phi) is 2.38. The average molecular weight is 219 g/mol. The van der Waals surface area contributed by atoms with Crippen molar-refractivity contribution < 1.29 is 22.0 Å². The number of alkyl halides is 3. The second-order valence-electron chi connectivity index (χ2n) is 1.94. The number of hydrogen-bond acceptors (Lipinski definition) is 2. The van der Waals surface area contributed by atoms with E-state index in [2.05, 4.69) is 9.97 Å². The van der Waals surface area contributed by atoms with Crippen LogP contribution >= 0.6 is 11.6 Å². The molecule has 0 aliphatic rings. The number of halogens is 6. The summed E-state index contributed by atoms with van der Waals surface area (Å²) >= 11 is 4.86. The summed E-state index contributed by atoms with van der Waals surface area (Å²) in [6.45, 7) is 0. The molecule has 1 aromatic heterocycles. The summed E-state index contributed by atoms with van der Waals surface area (Å²) in [6, 6.07) is 0. The highest BCUT2D eigenvalue weighted by Crippen LogP contribution is 2.31. The fourth-order valence-corrected chi connectivity index (χ4v) is 0.741. The van der Waals surface area contributed by atoms with Crippen molar-refractivity contribution in [2.45, 2.75) is 6.18 Å². The number of nitrogens with zero attached hydrogens (tertiary/aromatic N) is 2. The first-order valence-electron chi connectivity index (χ1n) is 2.78. The van der Waals surface area contributed by atoms with Gasteiger partial charge in [0.05, 0.1) is 0 Å². The van der Waals surface area contributed by atoms with Crippen LogP contribution in [0.15, 0.2) is 0 Å². The van der Waals surface area contributed by atoms with Crippen LogP contribution in [0, 0.1) is 11.9 Å². The van der Waals surface area contributed by atoms with Crippen LogP contribution < -0.4 is 0 Å². The van der Waals surface area contributed by atoms with Gasteiger partial charge in [-0.1, -0.05) is 11.6 Å². The molecule has 72 valence electrons. The van der Waals surface area contributed by atoms with Gasteiger partial charge in [0, 0.05) is 0 Å². The minimum atomic E-state index is -5.09. The zero-order valence-corrected chi connectivity index (χ0v) is 6.42. The molecule has 0 fully saturated rings. The van der Waals surface area contributed by atoms with E-state index in [1.807, 2.05) is 0 Å². The summed E-state index contributed by atoms with van der Waals surface area (Å²) in [5.74, 6) is -1.88. The van der Waals surface area contributed by atoms with Crippen LogP contribution in [-0.2, 0) is 6.18 Å². The summed E-state index contributed by atoms with van der Waals surface area (Å²) < 4.78 is 60.3. The quantitative estimate of drug-likeness (QED) is 0.380. The minimum absolute atomic E-state index is 1.19. The SMILES string of the molecule is Fc1nc(Cl)c(F)c(C(F)(F)F)n1. The monoisotopic (exact) mass is 218 g/mol. The number of hydrogen-bond donors (Lipinski definition) is 0. The predicted octanol–water partition coefficient (Wildman–Crippen LogP) is 2.43. The van der Waals surface area contributed by atoms with E-state index in [0.29, 0.717) is 0 Å². The van der Waals surface area contributed by atoms with E-state index in [0.717, 1.165) is 0 Å². The molecule has 0 saturated heterocycles. The second kappa shape index (κ2) is 3.06. The first-order valence-corrected chi connectivity index (χ1v) is 3.16. The fraction of sp³-hybridized carbons (Fsp3) is 0.200. The van der Waals surface area contributed by atoms with Crippen LogP contribution in [0.2, 0.25) is 5.15 Å². The highest BCUT2D eigenvalue weighted by molar-refractivity contribution is 6.29. The zero-order valence-electron chi connectivity index (χ0n) is 5.66. The molecular formula is C5ClF5N2. The van der Waals surface area contributed by atoms with Gasteiger partial charge in [0.2, 0.25) is 0 Å². The van der Waals surface area contributed by atoms with Gasteiger partial charge in [-0.05, 0) is 0 Å². The van der Waals surface area contributed by atoms with Crippen molar-refractivity contribution in [1.29, 1.82) is 0 Å². The van der Waals surface area contributed by atoms with Crippen LogP contribution in [0.3, 0.4) is 0 Å². The van der Waals surface area contributed by atoms with Gasteiger partial charge in [0.25, 0.3) is 0 Å². The van der Waals surface area contributed by atoms with Crippen molar-refractivity contribution >= 4 is 11.6 Å². The molecule has 0 N–H and O–H groups in total. The minimum Gasteiger partial charge on any atom is -0.201 e. The van der Waals surface area contributed by atoms with E-state index in [1.54, 1.807) is 0 Å². The molecule has 0 aromatic carbocycles. The van der Waals surface area contributed by atoms with E-state index in [9.17, 15) is 22.0 Å². The standard InChI is InChI=1S/C5ClF5N2/c6-3-1(7)2(5(9,10)11)12-4(8)13-3. The lowest BCUT2D eigenvalue weighted by atomic mass is 10.4. The van der Waals surface area contributed by atoms with Gasteiger partial charge in [-0.3, -0.25) is 0 Å². The van der Waals surface area contributed by atoms with E-state index < -0.39 is 28.9 Å². The molecule has 0 aliphatic carbocycles. The Labute approximate surface area is 73.4 Å². The molecule has 1 heterocycles. The molecule has 0 aliphatic heterocycles. The van der Waals surface area contributed by atoms with E-state index in [1.165, 1.54) is 0 Å². The predicted molar refractivity (Wildman–Crippen MR) is 32.0 cm³/mol. The third-order valence-corrected chi connectivity index (χ3v) is 1.30. The summed E-state index contributed by atoms with van der Waals surface area (Å²) in [4.78, 5) is 4.80. The maximum absolute atomic E-state index is 12.5. The molecule has 0 amide bonds. The molecule has 8 heteroatoms. The molecule has 0 saturated carbocycles. The van der Waals surface area contributed by atoms with Crippen LogP contribution in [0.25, 0.3) is 0 Å². The maximum atomic E-state index is 12.5. The Morgan fingerprint density at radius 2 is 1.62 bits per heavy atom. The Bertz CT molecular complexity index is 336. The second-order valence-corrected chi connectivity index (χ2v) is 2.30. The molecule has 0 spiro atoms. The Morgan fingerprint density at radius 3 is 2.08 bits per heavy atom. The Hall–Kier alpha value is -0.980. The van der Waals surface area contributed by atoms with Crippen molar-refractivity contribution in [2.24, 2.45) is 0 Å². The van der Waals surface area contributed by atoms with Gasteiger partial charge in [-0.25, -0.2) is 4.39 Å². The van der Waals surface area contributed by atoms with Crippen molar-refractivity contribution in [2.75, 3.05) is 0 Å². The van der Waals surface area contributed by atoms with E-state index in [4.69, 9.17) is 11.6 Å². The lowest BCUT2D eigenvalue weighted by Gasteiger charge is -2.06. The Morgan fingerprint density at radius 1 is 1.08 bits per heavy atom. The molecule has 0 unspecified atom stereocenters. The third-order valence-electron chi connectivity index (χ3n) is 1.05. The molecule has 13 heavy (non-hydrogen) atoms. The fourth-order valence-electron chi connectivity index (χ4n) is 0.582. The first kappa shape index (κ1) is 10.1. The highest BCUT2D eigenvalue weighted by atomic mass is 35.5. The van der Waals surface area contributed by atoms with Crippen LogP contribution in [0.4, 0.5) is 22.0 Å². The topological polar surface area (TPSA) is 25.8 Å². The smallest absolute Gasteiger partial charge is 0.201 e. The van der Waals surface area contributed by atoms with Crippen molar-refractivity contribution in [3.05, 3.63) is 22.7 Å². The first-order chi connectivity index (χ1) is 5.82. The van der Waals surface area contributed by atoms with Gasteiger partial charge < -0.3 is 0 Å². The molecule has 1 rings (SSSR count). The van der Waals surface area contributed by atoms with Gasteiger partial charge in [-0.2, -0.15) is 27.5 Å². The van der Waals surface area contributed by atoms with E-state index in [-0.39, 0.29) is 0 Å². The van der Waals surface area contributed by atoms with Crippen molar-refractivity contribution in [3.8, 4) is 0 Å². The van der Waals surface area contributed by atoms with Crippen LogP contribution in [-0.4, -0.2) is 9.97 Å². The van der Waals surface area contributed by atoms with Crippen molar-refractivity contribution in [1.82, 2.24) is 9.97 Å². The third kappa shape index (κ3) is 2.03. The molecule has 0 bridgehead atoms. The summed E-state index contributed by atoms with van der Waals surface area (Å²) in [5.41, 5.74) is -2.01. The van der Waals surface area contributed by atoms with E-state index >= 15 is 0 Å². The van der Waals surface area contributed by atoms with Crippen molar-refractivity contribution in [3.63, 3.8) is 0 Å². The maximum Gasteiger partial charge on any atom is 0.436 e. The molecule has 0 radical (unpaired) electrons. The summed E-state index contributed by atoms with van der Waals surface area (Å²) in [7, 11) is 0. The molecule has 0 atom stereocenters. The van der Waals surface area contributed by atoms with Gasteiger partial charge in [0.1, 0.15) is 0 Å². The van der Waals surface area contributed by atoms with Crippen LogP contribution in [0.1, 0.15) is 5.69 Å². The van der Waals surface area contributed by atoms with Crippen LogP contribution in [0.5, 0.6) is 0 Å². The number of aromatic nitrogens is 2. The Balaban J connectivity index is 3.37. The zero-order chi connectivity index (χ0) is 10.2. The molecule has 2 nitrogen and oxygen atoms in total. The average Bonchev–Trinajstić information content (AvgIpc) is 1.94. The van der Waals surface area contributed by atoms with Gasteiger partial charge in [-0.15, -0.1) is 0 Å². The summed E-state index contributed by atoms with van der Waals surface area (Å²) in [5, 5.41) is -1.19.